The van der Waals surface area contributed by atoms with Crippen LogP contribution in [0.1, 0.15) is 25.3 Å². The molecule has 1 fully saturated rings. The number of fused-ring (bicyclic) bond motifs is 1. The number of rotatable bonds is 3. The van der Waals surface area contributed by atoms with E-state index in [1.165, 1.54) is 0 Å². The van der Waals surface area contributed by atoms with Crippen LogP contribution in [0.2, 0.25) is 0 Å². The van der Waals surface area contributed by atoms with Crippen molar-refractivity contribution in [2.24, 2.45) is 5.92 Å². The van der Waals surface area contributed by atoms with Gasteiger partial charge in [-0.25, -0.2) is 13.4 Å². The lowest BCUT2D eigenvalue weighted by atomic mass is 10.0. The van der Waals surface area contributed by atoms with Gasteiger partial charge in [-0.05, 0) is 55.5 Å². The van der Waals surface area contributed by atoms with Crippen molar-refractivity contribution in [1.29, 1.82) is 0 Å². The normalized spacial score (nSPS) is 17.0. The van der Waals surface area contributed by atoms with Crippen LogP contribution in [0.3, 0.4) is 0 Å². The topological polar surface area (TPSA) is 54.7 Å². The molecule has 1 aliphatic heterocycles. The summed E-state index contributed by atoms with van der Waals surface area (Å²) in [6.45, 7) is 5.40. The van der Waals surface area contributed by atoms with Gasteiger partial charge >= 0.3 is 0 Å². The predicted octanol–water partition coefficient (Wildman–Crippen LogP) is 3.73. The Morgan fingerprint density at radius 1 is 1.12 bits per heavy atom. The Bertz CT molecular complexity index is 1050. The number of piperidine rings is 1. The second kappa shape index (κ2) is 6.52. The molecule has 0 atom stereocenters. The Labute approximate surface area is 154 Å². The summed E-state index contributed by atoms with van der Waals surface area (Å²) in [7, 11) is -3.45. The SMILES string of the molecule is Cc1ccn2cc(-c3cccc(S(=O)(=O)N4CCC(C)CC4)c3)nc2c1. The Kier molecular flexibility index (Phi) is 4.32. The molecule has 5 nitrogen and oxygen atoms in total. The molecular formula is C20H23N3O2S. The van der Waals surface area contributed by atoms with Gasteiger partial charge in [0.15, 0.2) is 0 Å². The molecule has 2 aromatic heterocycles. The molecule has 3 aromatic rings. The van der Waals surface area contributed by atoms with Crippen molar-refractivity contribution in [2.75, 3.05) is 13.1 Å². The van der Waals surface area contributed by atoms with Gasteiger partial charge in [-0.3, -0.25) is 0 Å². The van der Waals surface area contributed by atoms with E-state index in [-0.39, 0.29) is 0 Å². The summed E-state index contributed by atoms with van der Waals surface area (Å²) in [5.41, 5.74) is 3.60. The first kappa shape index (κ1) is 17.2. The first-order valence-electron chi connectivity index (χ1n) is 8.99. The summed E-state index contributed by atoms with van der Waals surface area (Å²) in [6, 6.07) is 11.2. The van der Waals surface area contributed by atoms with E-state index in [0.29, 0.717) is 23.9 Å². The molecule has 0 unspecified atom stereocenters. The second-order valence-electron chi connectivity index (χ2n) is 7.21. The minimum Gasteiger partial charge on any atom is -0.306 e. The average Bonchev–Trinajstić information content (AvgIpc) is 3.05. The second-order valence-corrected chi connectivity index (χ2v) is 9.15. The minimum absolute atomic E-state index is 0.345. The summed E-state index contributed by atoms with van der Waals surface area (Å²) < 4.78 is 29.6. The summed E-state index contributed by atoms with van der Waals surface area (Å²) in [6.07, 6.45) is 5.75. The smallest absolute Gasteiger partial charge is 0.243 e. The molecule has 0 spiro atoms. The van der Waals surface area contributed by atoms with Gasteiger partial charge in [0.1, 0.15) is 5.65 Å². The molecule has 1 aliphatic rings. The van der Waals surface area contributed by atoms with E-state index in [2.05, 4.69) is 11.9 Å². The quantitative estimate of drug-likeness (QED) is 0.707. The number of pyridine rings is 1. The Morgan fingerprint density at radius 2 is 1.88 bits per heavy atom. The third-order valence-corrected chi connectivity index (χ3v) is 7.02. The molecular weight excluding hydrogens is 346 g/mol. The zero-order valence-electron chi connectivity index (χ0n) is 15.1. The van der Waals surface area contributed by atoms with Gasteiger partial charge in [0, 0.05) is 31.0 Å². The van der Waals surface area contributed by atoms with E-state index >= 15 is 0 Å². The Hall–Kier alpha value is -2.18. The zero-order valence-corrected chi connectivity index (χ0v) is 15.9. The number of imidazole rings is 1. The number of aryl methyl sites for hydroxylation is 1. The van der Waals surface area contributed by atoms with E-state index in [1.807, 2.05) is 41.9 Å². The molecule has 0 N–H and O–H groups in total. The molecule has 0 radical (unpaired) electrons. The van der Waals surface area contributed by atoms with Gasteiger partial charge in [-0.1, -0.05) is 19.1 Å². The van der Waals surface area contributed by atoms with Crippen LogP contribution in [0.25, 0.3) is 16.9 Å². The maximum absolute atomic E-state index is 13.0. The highest BCUT2D eigenvalue weighted by molar-refractivity contribution is 7.89. The number of hydrogen-bond acceptors (Lipinski definition) is 3. The van der Waals surface area contributed by atoms with E-state index in [1.54, 1.807) is 22.5 Å². The lowest BCUT2D eigenvalue weighted by molar-refractivity contribution is 0.288. The van der Waals surface area contributed by atoms with Crippen LogP contribution in [-0.2, 0) is 10.0 Å². The van der Waals surface area contributed by atoms with Gasteiger partial charge in [0.05, 0.1) is 10.6 Å². The number of benzene rings is 1. The van der Waals surface area contributed by atoms with Gasteiger partial charge in [0.2, 0.25) is 10.0 Å². The maximum Gasteiger partial charge on any atom is 0.243 e. The van der Waals surface area contributed by atoms with Crippen LogP contribution in [0, 0.1) is 12.8 Å². The molecule has 0 bridgehead atoms. The van der Waals surface area contributed by atoms with Crippen LogP contribution < -0.4 is 0 Å². The van der Waals surface area contributed by atoms with Crippen LogP contribution in [-0.4, -0.2) is 35.2 Å². The van der Waals surface area contributed by atoms with Crippen molar-refractivity contribution in [2.45, 2.75) is 31.6 Å². The fourth-order valence-corrected chi connectivity index (χ4v) is 4.93. The number of hydrogen-bond donors (Lipinski definition) is 0. The van der Waals surface area contributed by atoms with Crippen molar-refractivity contribution in [3.05, 3.63) is 54.4 Å². The van der Waals surface area contributed by atoms with E-state index in [9.17, 15) is 8.42 Å². The molecule has 6 heteroatoms. The van der Waals surface area contributed by atoms with E-state index in [4.69, 9.17) is 0 Å². The average molecular weight is 369 g/mol. The Balaban J connectivity index is 1.69. The standard InChI is InChI=1S/C20H23N3O2S/c1-15-7-10-23(11-8-15)26(24,25)18-5-3-4-17(13-18)19-14-22-9-6-16(2)12-20(22)21-19/h3-6,9,12-15H,7-8,10-11H2,1-2H3. The molecule has 3 heterocycles. The molecule has 0 aliphatic carbocycles. The largest absolute Gasteiger partial charge is 0.306 e. The predicted molar refractivity (Wildman–Crippen MR) is 103 cm³/mol. The van der Waals surface area contributed by atoms with Crippen LogP contribution in [0.4, 0.5) is 0 Å². The highest BCUT2D eigenvalue weighted by Gasteiger charge is 2.28. The highest BCUT2D eigenvalue weighted by atomic mass is 32.2. The van der Waals surface area contributed by atoms with E-state index in [0.717, 1.165) is 35.3 Å². The number of sulfonamides is 1. The molecule has 0 amide bonds. The zero-order chi connectivity index (χ0) is 18.3. The first-order chi connectivity index (χ1) is 12.4. The third kappa shape index (κ3) is 3.15. The summed E-state index contributed by atoms with van der Waals surface area (Å²) >= 11 is 0. The maximum atomic E-state index is 13.0. The van der Waals surface area contributed by atoms with Gasteiger partial charge < -0.3 is 4.40 Å². The van der Waals surface area contributed by atoms with Gasteiger partial charge in [0.25, 0.3) is 0 Å². The molecule has 0 saturated carbocycles. The van der Waals surface area contributed by atoms with Gasteiger partial charge in [-0.2, -0.15) is 4.31 Å². The Morgan fingerprint density at radius 3 is 2.65 bits per heavy atom. The molecule has 4 rings (SSSR count). The van der Waals surface area contributed by atoms with Crippen LogP contribution in [0.5, 0.6) is 0 Å². The van der Waals surface area contributed by atoms with Crippen LogP contribution in [0.15, 0.2) is 53.7 Å². The van der Waals surface area contributed by atoms with Crippen molar-refractivity contribution >= 4 is 15.7 Å². The van der Waals surface area contributed by atoms with E-state index < -0.39 is 10.0 Å². The monoisotopic (exact) mass is 369 g/mol. The molecule has 1 aromatic carbocycles. The highest BCUT2D eigenvalue weighted by Crippen LogP contribution is 2.27. The van der Waals surface area contributed by atoms with Crippen molar-refractivity contribution < 1.29 is 8.42 Å². The molecule has 1 saturated heterocycles. The third-order valence-electron chi connectivity index (χ3n) is 5.13. The number of nitrogens with zero attached hydrogens (tertiary/aromatic N) is 3. The van der Waals surface area contributed by atoms with Crippen molar-refractivity contribution in [3.63, 3.8) is 0 Å². The summed E-state index contributed by atoms with van der Waals surface area (Å²) in [5.74, 6) is 0.592. The summed E-state index contributed by atoms with van der Waals surface area (Å²) in [5, 5.41) is 0. The van der Waals surface area contributed by atoms with Crippen molar-refractivity contribution in [1.82, 2.24) is 13.7 Å². The number of aromatic nitrogens is 2. The molecule has 136 valence electrons. The lowest BCUT2D eigenvalue weighted by Crippen LogP contribution is -2.37. The lowest BCUT2D eigenvalue weighted by Gasteiger charge is -2.29. The van der Waals surface area contributed by atoms with Crippen LogP contribution >= 0.6 is 0 Å². The molecule has 26 heavy (non-hydrogen) atoms. The van der Waals surface area contributed by atoms with Crippen molar-refractivity contribution in [3.8, 4) is 11.3 Å². The summed E-state index contributed by atoms with van der Waals surface area (Å²) in [4.78, 5) is 4.99. The fraction of sp³-hybridized carbons (Fsp3) is 0.350. The van der Waals surface area contributed by atoms with Gasteiger partial charge in [-0.15, -0.1) is 0 Å². The first-order valence-corrected chi connectivity index (χ1v) is 10.4. The minimum atomic E-state index is -3.45. The fourth-order valence-electron chi connectivity index (χ4n) is 3.41.